The Morgan fingerprint density at radius 1 is 1.12 bits per heavy atom. The number of carbonyl (C=O) groups excluding carboxylic acids is 1. The molecule has 0 unspecified atom stereocenters. The first-order chi connectivity index (χ1) is 16.5. The molecule has 1 amide bonds. The summed E-state index contributed by atoms with van der Waals surface area (Å²) in [7, 11) is 0. The third-order valence-electron chi connectivity index (χ3n) is 5.92. The lowest BCUT2D eigenvalue weighted by Crippen LogP contribution is -2.48. The van der Waals surface area contributed by atoms with Gasteiger partial charge in [-0.1, -0.05) is 35.0 Å². The molecule has 1 saturated heterocycles. The zero-order valence-electron chi connectivity index (χ0n) is 18.5. The molecule has 0 radical (unpaired) electrons. The fraction of sp³-hybridized carbons (Fsp3) is 0.240. The van der Waals surface area contributed by atoms with Gasteiger partial charge in [-0.25, -0.2) is 9.37 Å². The number of aryl methyl sites for hydroxylation is 1. The minimum absolute atomic E-state index is 0.0961. The number of rotatable bonds is 5. The van der Waals surface area contributed by atoms with Crippen LogP contribution < -0.4 is 0 Å². The summed E-state index contributed by atoms with van der Waals surface area (Å²) >= 11 is 7.93. The van der Waals surface area contributed by atoms with E-state index in [1.165, 1.54) is 12.1 Å². The standard InChI is InChI=1S/C25H22ClFN4O2S/c1-16-23(24(29-33-16)19-4-2-3-5-20(19)26)25(32)31-12-10-30(11-13-31)14-22-28-21(15-34-22)17-6-8-18(27)9-7-17/h2-9,15H,10-14H2,1H3. The zero-order valence-corrected chi connectivity index (χ0v) is 20.1. The highest BCUT2D eigenvalue weighted by Crippen LogP contribution is 2.32. The highest BCUT2D eigenvalue weighted by atomic mass is 35.5. The van der Waals surface area contributed by atoms with Crippen LogP contribution in [-0.2, 0) is 6.54 Å². The molecule has 6 nitrogen and oxygen atoms in total. The van der Waals surface area contributed by atoms with Crippen LogP contribution in [0.25, 0.3) is 22.5 Å². The largest absolute Gasteiger partial charge is 0.360 e. The molecule has 3 heterocycles. The van der Waals surface area contributed by atoms with Crippen molar-refractivity contribution in [3.8, 4) is 22.5 Å². The topological polar surface area (TPSA) is 62.5 Å². The maximum absolute atomic E-state index is 13.4. The SMILES string of the molecule is Cc1onc(-c2ccccc2Cl)c1C(=O)N1CCN(Cc2nc(-c3ccc(F)cc3)cs2)CC1. The van der Waals surface area contributed by atoms with Crippen LogP contribution >= 0.6 is 22.9 Å². The van der Waals surface area contributed by atoms with E-state index in [9.17, 15) is 9.18 Å². The molecule has 0 atom stereocenters. The number of nitrogens with zero attached hydrogens (tertiary/aromatic N) is 4. The van der Waals surface area contributed by atoms with Gasteiger partial charge in [-0.05, 0) is 37.3 Å². The number of piperazine rings is 1. The van der Waals surface area contributed by atoms with Crippen molar-refractivity contribution < 1.29 is 13.7 Å². The monoisotopic (exact) mass is 496 g/mol. The Morgan fingerprint density at radius 3 is 2.59 bits per heavy atom. The van der Waals surface area contributed by atoms with Gasteiger partial charge in [-0.15, -0.1) is 11.3 Å². The number of thiazole rings is 1. The molecule has 4 aromatic rings. The van der Waals surface area contributed by atoms with E-state index in [1.54, 1.807) is 36.5 Å². The summed E-state index contributed by atoms with van der Waals surface area (Å²) in [4.78, 5) is 22.2. The van der Waals surface area contributed by atoms with E-state index in [1.807, 2.05) is 28.5 Å². The Labute approximate surface area is 205 Å². The normalized spacial score (nSPS) is 14.5. The average Bonchev–Trinajstić information content (AvgIpc) is 3.46. The van der Waals surface area contributed by atoms with Crippen LogP contribution in [-0.4, -0.2) is 52.0 Å². The van der Waals surface area contributed by atoms with Gasteiger partial charge in [0.25, 0.3) is 5.91 Å². The molecule has 2 aromatic carbocycles. The van der Waals surface area contributed by atoms with Crippen molar-refractivity contribution in [1.29, 1.82) is 0 Å². The smallest absolute Gasteiger partial charge is 0.259 e. The van der Waals surface area contributed by atoms with Gasteiger partial charge in [0.2, 0.25) is 0 Å². The number of benzene rings is 2. The fourth-order valence-electron chi connectivity index (χ4n) is 4.06. The maximum atomic E-state index is 13.4. The van der Waals surface area contributed by atoms with Crippen molar-refractivity contribution in [3.05, 3.63) is 81.1 Å². The van der Waals surface area contributed by atoms with Crippen LogP contribution in [0.3, 0.4) is 0 Å². The summed E-state index contributed by atoms with van der Waals surface area (Å²) in [5, 5.41) is 7.64. The molecule has 0 spiro atoms. The summed E-state index contributed by atoms with van der Waals surface area (Å²) in [6.07, 6.45) is 0. The van der Waals surface area contributed by atoms with E-state index >= 15 is 0 Å². The Morgan fingerprint density at radius 2 is 1.85 bits per heavy atom. The van der Waals surface area contributed by atoms with Crippen molar-refractivity contribution >= 4 is 28.8 Å². The molecule has 174 valence electrons. The zero-order chi connectivity index (χ0) is 23.7. The van der Waals surface area contributed by atoms with Gasteiger partial charge in [-0.3, -0.25) is 9.69 Å². The number of hydrogen-bond donors (Lipinski definition) is 0. The van der Waals surface area contributed by atoms with E-state index in [0.29, 0.717) is 47.2 Å². The molecular formula is C25H22ClFN4O2S. The van der Waals surface area contributed by atoms with E-state index in [0.717, 1.165) is 29.4 Å². The minimum Gasteiger partial charge on any atom is -0.360 e. The van der Waals surface area contributed by atoms with E-state index in [4.69, 9.17) is 21.1 Å². The van der Waals surface area contributed by atoms with Crippen molar-refractivity contribution in [2.75, 3.05) is 26.2 Å². The molecule has 9 heteroatoms. The molecule has 5 rings (SSSR count). The van der Waals surface area contributed by atoms with Gasteiger partial charge in [0.05, 0.1) is 17.3 Å². The molecule has 2 aromatic heterocycles. The molecule has 34 heavy (non-hydrogen) atoms. The second-order valence-electron chi connectivity index (χ2n) is 8.14. The van der Waals surface area contributed by atoms with E-state index in [2.05, 4.69) is 10.1 Å². The Kier molecular flexibility index (Phi) is 6.45. The van der Waals surface area contributed by atoms with Crippen molar-refractivity contribution in [2.24, 2.45) is 0 Å². The highest BCUT2D eigenvalue weighted by Gasteiger charge is 2.29. The van der Waals surface area contributed by atoms with Crippen LogP contribution in [0.15, 0.2) is 58.4 Å². The Balaban J connectivity index is 1.23. The van der Waals surface area contributed by atoms with Gasteiger partial charge >= 0.3 is 0 Å². The molecule has 1 fully saturated rings. The molecule has 0 bridgehead atoms. The van der Waals surface area contributed by atoms with E-state index < -0.39 is 0 Å². The summed E-state index contributed by atoms with van der Waals surface area (Å²) in [5.74, 6) is 0.131. The molecule has 1 aliphatic heterocycles. The average molecular weight is 497 g/mol. The van der Waals surface area contributed by atoms with Crippen LogP contribution in [0.1, 0.15) is 21.1 Å². The third-order valence-corrected chi connectivity index (χ3v) is 7.08. The van der Waals surface area contributed by atoms with E-state index in [-0.39, 0.29) is 11.7 Å². The van der Waals surface area contributed by atoms with Gasteiger partial charge in [0.15, 0.2) is 0 Å². The first-order valence-corrected chi connectivity index (χ1v) is 12.2. The molecular weight excluding hydrogens is 475 g/mol. The lowest BCUT2D eigenvalue weighted by atomic mass is 10.0. The summed E-state index contributed by atoms with van der Waals surface area (Å²) in [6, 6.07) is 13.7. The molecule has 1 aliphatic rings. The second kappa shape index (κ2) is 9.66. The highest BCUT2D eigenvalue weighted by molar-refractivity contribution is 7.09. The Hall–Kier alpha value is -3.07. The second-order valence-corrected chi connectivity index (χ2v) is 9.49. The molecule has 0 saturated carbocycles. The predicted octanol–water partition coefficient (Wildman–Crippen LogP) is 5.52. The Bertz CT molecular complexity index is 1310. The van der Waals surface area contributed by atoms with Crippen LogP contribution in [0.2, 0.25) is 5.02 Å². The number of aromatic nitrogens is 2. The molecule has 0 N–H and O–H groups in total. The number of carbonyl (C=O) groups is 1. The maximum Gasteiger partial charge on any atom is 0.259 e. The minimum atomic E-state index is -0.257. The van der Waals surface area contributed by atoms with Crippen LogP contribution in [0, 0.1) is 12.7 Å². The predicted molar refractivity (Wildman–Crippen MR) is 130 cm³/mol. The van der Waals surface area contributed by atoms with Gasteiger partial charge in [0.1, 0.15) is 27.8 Å². The van der Waals surface area contributed by atoms with Crippen molar-refractivity contribution in [1.82, 2.24) is 19.9 Å². The molecule has 0 aliphatic carbocycles. The first kappa shape index (κ1) is 22.7. The van der Waals surface area contributed by atoms with Gasteiger partial charge < -0.3 is 9.42 Å². The number of halogens is 2. The van der Waals surface area contributed by atoms with Crippen molar-refractivity contribution in [3.63, 3.8) is 0 Å². The van der Waals surface area contributed by atoms with Crippen molar-refractivity contribution in [2.45, 2.75) is 13.5 Å². The number of amides is 1. The third kappa shape index (κ3) is 4.61. The summed E-state index contributed by atoms with van der Waals surface area (Å²) in [5.41, 5.74) is 3.38. The lowest BCUT2D eigenvalue weighted by molar-refractivity contribution is 0.0627. The quantitative estimate of drug-likeness (QED) is 0.364. The van der Waals surface area contributed by atoms with Gasteiger partial charge in [0, 0.05) is 42.7 Å². The summed E-state index contributed by atoms with van der Waals surface area (Å²) in [6.45, 7) is 5.14. The fourth-order valence-corrected chi connectivity index (χ4v) is 5.13. The van der Waals surface area contributed by atoms with Crippen LogP contribution in [0.4, 0.5) is 4.39 Å². The number of hydrogen-bond acceptors (Lipinski definition) is 6. The van der Waals surface area contributed by atoms with Gasteiger partial charge in [-0.2, -0.15) is 0 Å². The summed E-state index contributed by atoms with van der Waals surface area (Å²) < 4.78 is 18.5. The van der Waals surface area contributed by atoms with Crippen LogP contribution in [0.5, 0.6) is 0 Å². The lowest BCUT2D eigenvalue weighted by Gasteiger charge is -2.34. The first-order valence-electron chi connectivity index (χ1n) is 10.9.